The zero-order chi connectivity index (χ0) is 9.97. The number of halogens is 1. The summed E-state index contributed by atoms with van der Waals surface area (Å²) >= 11 is 0. The van der Waals surface area contributed by atoms with Crippen LogP contribution >= 0.6 is 0 Å². The van der Waals surface area contributed by atoms with Gasteiger partial charge in [-0.05, 0) is 29.8 Å². The van der Waals surface area contributed by atoms with Crippen molar-refractivity contribution in [2.24, 2.45) is 5.73 Å². The highest BCUT2D eigenvalue weighted by molar-refractivity contribution is 5.38. The lowest BCUT2D eigenvalue weighted by molar-refractivity contribution is 0.617. The molecule has 3 heteroatoms. The maximum absolute atomic E-state index is 13.4. The third kappa shape index (κ3) is 1.54. The number of aromatic nitrogens is 1. The fourth-order valence-corrected chi connectivity index (χ4v) is 1.38. The van der Waals surface area contributed by atoms with Gasteiger partial charge in [0.15, 0.2) is 0 Å². The third-order valence-corrected chi connectivity index (χ3v) is 2.13. The average Bonchev–Trinajstić information content (AvgIpc) is 2.71. The van der Waals surface area contributed by atoms with Crippen molar-refractivity contribution in [1.29, 1.82) is 0 Å². The van der Waals surface area contributed by atoms with Crippen LogP contribution in [0.2, 0.25) is 0 Å². The van der Waals surface area contributed by atoms with Crippen LogP contribution in [0.15, 0.2) is 42.7 Å². The second-order valence-corrected chi connectivity index (χ2v) is 3.08. The molecule has 0 amide bonds. The Morgan fingerprint density at radius 3 is 2.57 bits per heavy atom. The monoisotopic (exact) mass is 190 g/mol. The van der Waals surface area contributed by atoms with Crippen LogP contribution in [0.5, 0.6) is 0 Å². The van der Waals surface area contributed by atoms with Crippen LogP contribution in [-0.4, -0.2) is 4.57 Å². The predicted octanol–water partition coefficient (Wildman–Crippen LogP) is 2.08. The molecule has 0 radical (unpaired) electrons. The predicted molar refractivity (Wildman–Crippen MR) is 53.6 cm³/mol. The molecule has 0 spiro atoms. The lowest BCUT2D eigenvalue weighted by Crippen LogP contribution is -2.00. The minimum absolute atomic E-state index is 0.238. The summed E-state index contributed by atoms with van der Waals surface area (Å²) in [7, 11) is 0. The zero-order valence-electron chi connectivity index (χ0n) is 7.65. The minimum atomic E-state index is -0.238. The van der Waals surface area contributed by atoms with Crippen molar-refractivity contribution >= 4 is 0 Å². The highest BCUT2D eigenvalue weighted by atomic mass is 19.1. The normalized spacial score (nSPS) is 10.4. The summed E-state index contributed by atoms with van der Waals surface area (Å²) in [6, 6.07) is 8.61. The van der Waals surface area contributed by atoms with E-state index in [0.717, 1.165) is 5.56 Å². The molecular formula is C11H11FN2. The second kappa shape index (κ2) is 3.64. The summed E-state index contributed by atoms with van der Waals surface area (Å²) in [6.07, 6.45) is 3.61. The van der Waals surface area contributed by atoms with Crippen molar-refractivity contribution in [3.63, 3.8) is 0 Å². The highest BCUT2D eigenvalue weighted by Crippen LogP contribution is 2.15. The molecule has 0 saturated carbocycles. The Kier molecular flexibility index (Phi) is 2.33. The summed E-state index contributed by atoms with van der Waals surface area (Å²) < 4.78 is 15.1. The number of nitrogens with zero attached hydrogens (tertiary/aromatic N) is 1. The van der Waals surface area contributed by atoms with Crippen molar-refractivity contribution in [3.8, 4) is 5.69 Å². The first-order chi connectivity index (χ1) is 6.81. The fourth-order valence-electron chi connectivity index (χ4n) is 1.38. The van der Waals surface area contributed by atoms with Crippen LogP contribution in [0.3, 0.4) is 0 Å². The molecule has 0 bridgehead atoms. The Bertz CT molecular complexity index is 421. The molecule has 0 aliphatic heterocycles. The van der Waals surface area contributed by atoms with Crippen LogP contribution in [0.1, 0.15) is 5.56 Å². The fraction of sp³-hybridized carbons (Fsp3) is 0.0909. The number of hydrogen-bond acceptors (Lipinski definition) is 1. The zero-order valence-corrected chi connectivity index (χ0v) is 7.65. The third-order valence-electron chi connectivity index (χ3n) is 2.13. The smallest absolute Gasteiger partial charge is 0.147 e. The first kappa shape index (κ1) is 8.97. The Labute approximate surface area is 81.8 Å². The van der Waals surface area contributed by atoms with Gasteiger partial charge >= 0.3 is 0 Å². The molecule has 1 heterocycles. The molecule has 0 atom stereocenters. The molecule has 2 rings (SSSR count). The van der Waals surface area contributed by atoms with E-state index in [9.17, 15) is 4.39 Å². The van der Waals surface area contributed by atoms with E-state index in [0.29, 0.717) is 12.2 Å². The van der Waals surface area contributed by atoms with Crippen LogP contribution in [0.25, 0.3) is 5.69 Å². The van der Waals surface area contributed by atoms with Gasteiger partial charge in [-0.15, -0.1) is 0 Å². The van der Waals surface area contributed by atoms with E-state index < -0.39 is 0 Å². The van der Waals surface area contributed by atoms with Crippen LogP contribution < -0.4 is 5.73 Å². The Balaban J connectivity index is 2.51. The van der Waals surface area contributed by atoms with Crippen molar-refractivity contribution in [2.45, 2.75) is 6.54 Å². The molecule has 1 aromatic heterocycles. The molecule has 72 valence electrons. The van der Waals surface area contributed by atoms with Gasteiger partial charge in [-0.1, -0.05) is 6.07 Å². The van der Waals surface area contributed by atoms with Gasteiger partial charge in [-0.25, -0.2) is 4.39 Å². The average molecular weight is 190 g/mol. The summed E-state index contributed by atoms with van der Waals surface area (Å²) in [5.74, 6) is -0.238. The van der Waals surface area contributed by atoms with Gasteiger partial charge < -0.3 is 10.3 Å². The van der Waals surface area contributed by atoms with E-state index in [1.54, 1.807) is 29.1 Å². The molecule has 0 unspecified atom stereocenters. The standard InChI is InChI=1S/C11H11FN2/c12-10-4-3-9(8-13)7-11(10)14-5-1-2-6-14/h1-7H,8,13H2. The van der Waals surface area contributed by atoms with E-state index in [1.807, 2.05) is 12.1 Å². The van der Waals surface area contributed by atoms with Crippen molar-refractivity contribution in [1.82, 2.24) is 4.57 Å². The van der Waals surface area contributed by atoms with Gasteiger partial charge in [-0.2, -0.15) is 0 Å². The number of rotatable bonds is 2. The maximum Gasteiger partial charge on any atom is 0.147 e. The van der Waals surface area contributed by atoms with Gasteiger partial charge in [0.2, 0.25) is 0 Å². The SMILES string of the molecule is NCc1ccc(F)c(-n2cccc2)c1. The molecule has 2 nitrogen and oxygen atoms in total. The van der Waals surface area contributed by atoms with E-state index in [2.05, 4.69) is 0 Å². The van der Waals surface area contributed by atoms with Crippen molar-refractivity contribution in [2.75, 3.05) is 0 Å². The van der Waals surface area contributed by atoms with E-state index in [-0.39, 0.29) is 5.82 Å². The lowest BCUT2D eigenvalue weighted by atomic mass is 10.2. The van der Waals surface area contributed by atoms with Crippen LogP contribution in [-0.2, 0) is 6.54 Å². The number of hydrogen-bond donors (Lipinski definition) is 1. The van der Waals surface area contributed by atoms with Gasteiger partial charge in [0.05, 0.1) is 5.69 Å². The molecule has 0 aliphatic rings. The minimum Gasteiger partial charge on any atom is -0.326 e. The van der Waals surface area contributed by atoms with Crippen molar-refractivity contribution in [3.05, 3.63) is 54.1 Å². The number of nitrogens with two attached hydrogens (primary N) is 1. The van der Waals surface area contributed by atoms with E-state index >= 15 is 0 Å². The van der Waals surface area contributed by atoms with Crippen LogP contribution in [0, 0.1) is 5.82 Å². The largest absolute Gasteiger partial charge is 0.326 e. The molecule has 0 saturated heterocycles. The molecular weight excluding hydrogens is 179 g/mol. The van der Waals surface area contributed by atoms with E-state index in [4.69, 9.17) is 5.73 Å². The molecule has 2 aromatic rings. The quantitative estimate of drug-likeness (QED) is 0.772. The summed E-state index contributed by atoms with van der Waals surface area (Å²) in [6.45, 7) is 0.425. The number of benzene rings is 1. The molecule has 14 heavy (non-hydrogen) atoms. The highest BCUT2D eigenvalue weighted by Gasteiger charge is 2.03. The van der Waals surface area contributed by atoms with Gasteiger partial charge in [0, 0.05) is 18.9 Å². The van der Waals surface area contributed by atoms with Gasteiger partial charge in [0.25, 0.3) is 0 Å². The first-order valence-corrected chi connectivity index (χ1v) is 4.43. The molecule has 0 fully saturated rings. The maximum atomic E-state index is 13.4. The van der Waals surface area contributed by atoms with E-state index in [1.165, 1.54) is 6.07 Å². The summed E-state index contributed by atoms with van der Waals surface area (Å²) in [4.78, 5) is 0. The Morgan fingerprint density at radius 1 is 1.21 bits per heavy atom. The second-order valence-electron chi connectivity index (χ2n) is 3.08. The summed E-state index contributed by atoms with van der Waals surface area (Å²) in [5, 5.41) is 0. The summed E-state index contributed by atoms with van der Waals surface area (Å²) in [5.41, 5.74) is 6.96. The Hall–Kier alpha value is -1.61. The Morgan fingerprint density at radius 2 is 1.93 bits per heavy atom. The van der Waals surface area contributed by atoms with Crippen molar-refractivity contribution < 1.29 is 4.39 Å². The topological polar surface area (TPSA) is 30.9 Å². The van der Waals surface area contributed by atoms with Crippen LogP contribution in [0.4, 0.5) is 4.39 Å². The first-order valence-electron chi connectivity index (χ1n) is 4.43. The molecule has 1 aromatic carbocycles. The molecule has 2 N–H and O–H groups in total. The lowest BCUT2D eigenvalue weighted by Gasteiger charge is -2.06. The van der Waals surface area contributed by atoms with Gasteiger partial charge in [-0.3, -0.25) is 0 Å². The molecule has 0 aliphatic carbocycles. The van der Waals surface area contributed by atoms with Gasteiger partial charge in [0.1, 0.15) is 5.82 Å².